The molecular weight excluding hydrogens is 296 g/mol. The van der Waals surface area contributed by atoms with E-state index in [1.54, 1.807) is 6.20 Å². The van der Waals surface area contributed by atoms with Gasteiger partial charge in [0.1, 0.15) is 0 Å². The van der Waals surface area contributed by atoms with Gasteiger partial charge in [0.15, 0.2) is 11.5 Å². The maximum Gasteiger partial charge on any atom is 0.165 e. The van der Waals surface area contributed by atoms with Gasteiger partial charge in [-0.15, -0.1) is 0 Å². The van der Waals surface area contributed by atoms with Crippen molar-refractivity contribution in [1.82, 2.24) is 19.7 Å². The monoisotopic (exact) mass is 316 g/mol. The summed E-state index contributed by atoms with van der Waals surface area (Å²) in [7, 11) is 0. The third kappa shape index (κ3) is 2.35. The van der Waals surface area contributed by atoms with E-state index in [9.17, 15) is 0 Å². The minimum Gasteiger partial charge on any atom is -0.237 e. The first-order valence-corrected chi connectivity index (χ1v) is 8.48. The van der Waals surface area contributed by atoms with Gasteiger partial charge in [-0.25, -0.2) is 9.97 Å². The Morgan fingerprint density at radius 1 is 1.04 bits per heavy atom. The van der Waals surface area contributed by atoms with Crippen LogP contribution < -0.4 is 0 Å². The van der Waals surface area contributed by atoms with Crippen molar-refractivity contribution in [3.63, 3.8) is 0 Å². The summed E-state index contributed by atoms with van der Waals surface area (Å²) in [5.41, 5.74) is 4.29. The molecule has 0 unspecified atom stereocenters. The number of pyridine rings is 2. The number of rotatable bonds is 4. The van der Waals surface area contributed by atoms with Crippen molar-refractivity contribution in [2.75, 3.05) is 0 Å². The van der Waals surface area contributed by atoms with Gasteiger partial charge in [0.25, 0.3) is 0 Å². The minimum atomic E-state index is 0.805. The number of nitrogens with zero attached hydrogens (tertiary/aromatic N) is 4. The first-order chi connectivity index (χ1) is 11.8. The van der Waals surface area contributed by atoms with Gasteiger partial charge in [-0.3, -0.25) is 0 Å². The smallest absolute Gasteiger partial charge is 0.165 e. The summed E-state index contributed by atoms with van der Waals surface area (Å²) in [5.74, 6) is 0.805. The summed E-state index contributed by atoms with van der Waals surface area (Å²) in [4.78, 5) is 9.35. The van der Waals surface area contributed by atoms with E-state index in [0.29, 0.717) is 0 Å². The molecule has 0 saturated heterocycles. The summed E-state index contributed by atoms with van der Waals surface area (Å²) in [6, 6.07) is 14.2. The molecule has 4 rings (SSSR count). The fraction of sp³-hybridized carbons (Fsp3) is 0.250. The predicted octanol–water partition coefficient (Wildman–Crippen LogP) is 4.62. The lowest BCUT2D eigenvalue weighted by Crippen LogP contribution is -2.01. The van der Waals surface area contributed by atoms with Crippen LogP contribution >= 0.6 is 0 Å². The molecule has 4 nitrogen and oxygen atoms in total. The SMILES string of the molecule is CCCCc1c2ccccc2nc2c1c(C)nn2-c1ccccn1. The van der Waals surface area contributed by atoms with Crippen LogP contribution in [0.5, 0.6) is 0 Å². The summed E-state index contributed by atoms with van der Waals surface area (Å²) >= 11 is 0. The molecule has 4 heteroatoms. The summed E-state index contributed by atoms with van der Waals surface area (Å²) in [6.07, 6.45) is 5.17. The van der Waals surface area contributed by atoms with Gasteiger partial charge in [-0.05, 0) is 43.5 Å². The van der Waals surface area contributed by atoms with Crippen molar-refractivity contribution in [2.24, 2.45) is 0 Å². The van der Waals surface area contributed by atoms with E-state index < -0.39 is 0 Å². The average Bonchev–Trinajstić information content (AvgIpc) is 2.96. The first kappa shape index (κ1) is 14.8. The van der Waals surface area contributed by atoms with E-state index >= 15 is 0 Å². The second-order valence-electron chi connectivity index (χ2n) is 6.09. The van der Waals surface area contributed by atoms with E-state index in [1.165, 1.54) is 22.8 Å². The molecule has 0 aliphatic carbocycles. The molecule has 3 aromatic heterocycles. The Hall–Kier alpha value is -2.75. The molecule has 0 spiro atoms. The van der Waals surface area contributed by atoms with Gasteiger partial charge in [0.05, 0.1) is 11.2 Å². The lowest BCUT2D eigenvalue weighted by Gasteiger charge is -2.09. The largest absolute Gasteiger partial charge is 0.237 e. The highest BCUT2D eigenvalue weighted by atomic mass is 15.3. The topological polar surface area (TPSA) is 43.6 Å². The fourth-order valence-electron chi connectivity index (χ4n) is 3.30. The Kier molecular flexibility index (Phi) is 3.73. The van der Waals surface area contributed by atoms with Crippen LogP contribution in [0.4, 0.5) is 0 Å². The summed E-state index contributed by atoms with van der Waals surface area (Å²) in [5, 5.41) is 7.16. The van der Waals surface area contributed by atoms with E-state index in [1.807, 2.05) is 28.9 Å². The highest BCUT2D eigenvalue weighted by Crippen LogP contribution is 2.30. The number of benzene rings is 1. The van der Waals surface area contributed by atoms with E-state index in [-0.39, 0.29) is 0 Å². The summed E-state index contributed by atoms with van der Waals surface area (Å²) < 4.78 is 1.87. The predicted molar refractivity (Wildman–Crippen MR) is 97.5 cm³/mol. The van der Waals surface area contributed by atoms with Crippen LogP contribution in [0.25, 0.3) is 27.8 Å². The zero-order chi connectivity index (χ0) is 16.5. The highest BCUT2D eigenvalue weighted by molar-refractivity contribution is 5.97. The molecule has 120 valence electrons. The number of aromatic nitrogens is 4. The van der Waals surface area contributed by atoms with Gasteiger partial charge in [0, 0.05) is 17.0 Å². The van der Waals surface area contributed by atoms with Crippen molar-refractivity contribution < 1.29 is 0 Å². The molecule has 0 aliphatic heterocycles. The lowest BCUT2D eigenvalue weighted by molar-refractivity contribution is 0.802. The van der Waals surface area contributed by atoms with Crippen molar-refractivity contribution in [2.45, 2.75) is 33.1 Å². The van der Waals surface area contributed by atoms with Crippen LogP contribution in [-0.2, 0) is 6.42 Å². The quantitative estimate of drug-likeness (QED) is 0.552. The lowest BCUT2D eigenvalue weighted by atomic mass is 9.99. The van der Waals surface area contributed by atoms with Crippen molar-refractivity contribution in [3.05, 3.63) is 59.9 Å². The molecule has 0 amide bonds. The van der Waals surface area contributed by atoms with Gasteiger partial charge in [-0.2, -0.15) is 9.78 Å². The molecule has 4 aromatic rings. The molecule has 0 radical (unpaired) electrons. The fourth-order valence-corrected chi connectivity index (χ4v) is 3.30. The van der Waals surface area contributed by atoms with Gasteiger partial charge in [0.2, 0.25) is 0 Å². The molecule has 3 heterocycles. The molecule has 0 aliphatic rings. The maximum atomic E-state index is 4.90. The van der Waals surface area contributed by atoms with E-state index in [2.05, 4.69) is 37.0 Å². The number of fused-ring (bicyclic) bond motifs is 2. The molecule has 0 saturated carbocycles. The number of unbranched alkanes of at least 4 members (excludes halogenated alkanes) is 1. The van der Waals surface area contributed by atoms with Gasteiger partial charge < -0.3 is 0 Å². The van der Waals surface area contributed by atoms with Crippen LogP contribution in [-0.4, -0.2) is 19.7 Å². The summed E-state index contributed by atoms with van der Waals surface area (Å²) in [6.45, 7) is 4.29. The number of hydrogen-bond donors (Lipinski definition) is 0. The second-order valence-corrected chi connectivity index (χ2v) is 6.09. The van der Waals surface area contributed by atoms with Gasteiger partial charge >= 0.3 is 0 Å². The van der Waals surface area contributed by atoms with Crippen molar-refractivity contribution >= 4 is 21.9 Å². The molecule has 0 fully saturated rings. The third-order valence-corrected chi connectivity index (χ3v) is 4.44. The number of aryl methyl sites for hydroxylation is 2. The normalized spacial score (nSPS) is 11.4. The van der Waals surface area contributed by atoms with Gasteiger partial charge in [-0.1, -0.05) is 37.6 Å². The van der Waals surface area contributed by atoms with Crippen LogP contribution in [0, 0.1) is 6.92 Å². The van der Waals surface area contributed by atoms with E-state index in [4.69, 9.17) is 10.1 Å². The molecule has 1 aromatic carbocycles. The Morgan fingerprint density at radius 3 is 2.67 bits per heavy atom. The molecular formula is C20H20N4. The highest BCUT2D eigenvalue weighted by Gasteiger charge is 2.17. The zero-order valence-electron chi connectivity index (χ0n) is 14.0. The standard InChI is InChI=1S/C20H20N4/c1-3-4-9-16-15-10-5-6-11-17(15)22-20-19(16)14(2)23-24(20)18-12-7-8-13-21-18/h5-8,10-13H,3-4,9H2,1-2H3. The Balaban J connectivity index is 2.07. The molecule has 0 bridgehead atoms. The Morgan fingerprint density at radius 2 is 1.88 bits per heavy atom. The molecule has 0 atom stereocenters. The van der Waals surface area contributed by atoms with Crippen molar-refractivity contribution in [3.8, 4) is 5.82 Å². The average molecular weight is 316 g/mol. The molecule has 0 N–H and O–H groups in total. The number of para-hydroxylation sites is 1. The second kappa shape index (κ2) is 6.04. The maximum absolute atomic E-state index is 4.90. The van der Waals surface area contributed by atoms with Crippen LogP contribution in [0.1, 0.15) is 31.0 Å². The Labute approximate surface area is 141 Å². The third-order valence-electron chi connectivity index (χ3n) is 4.44. The van der Waals surface area contributed by atoms with Crippen LogP contribution in [0.2, 0.25) is 0 Å². The molecule has 24 heavy (non-hydrogen) atoms. The van der Waals surface area contributed by atoms with Crippen LogP contribution in [0.15, 0.2) is 48.7 Å². The first-order valence-electron chi connectivity index (χ1n) is 8.48. The minimum absolute atomic E-state index is 0.805. The van der Waals surface area contributed by atoms with Crippen LogP contribution in [0.3, 0.4) is 0 Å². The van der Waals surface area contributed by atoms with Crippen molar-refractivity contribution in [1.29, 1.82) is 0 Å². The number of hydrogen-bond acceptors (Lipinski definition) is 3. The zero-order valence-corrected chi connectivity index (χ0v) is 14.0. The Bertz CT molecular complexity index is 1000. The van der Waals surface area contributed by atoms with E-state index in [0.717, 1.165) is 35.5 Å².